The molecule has 0 bridgehead atoms. The van der Waals surface area contributed by atoms with Crippen molar-refractivity contribution >= 4 is 17.3 Å². The molecule has 0 saturated heterocycles. The molecule has 5 nitrogen and oxygen atoms in total. The van der Waals surface area contributed by atoms with Gasteiger partial charge in [-0.05, 0) is 26.3 Å². The Hall–Kier alpha value is -1.88. The Morgan fingerprint density at radius 1 is 1.30 bits per heavy atom. The fourth-order valence-electron chi connectivity index (χ4n) is 2.20. The van der Waals surface area contributed by atoms with Gasteiger partial charge in [0, 0.05) is 17.7 Å². The van der Waals surface area contributed by atoms with Gasteiger partial charge in [-0.1, -0.05) is 13.3 Å². The topological polar surface area (TPSA) is 92.4 Å². The van der Waals surface area contributed by atoms with Crippen molar-refractivity contribution in [2.24, 2.45) is 5.73 Å². The van der Waals surface area contributed by atoms with Crippen LogP contribution in [0.1, 0.15) is 53.5 Å². The summed E-state index contributed by atoms with van der Waals surface area (Å²) in [5.74, 6) is -0.585. The number of nitrogens with two attached hydrogens (primary N) is 1. The van der Waals surface area contributed by atoms with Gasteiger partial charge >= 0.3 is 0 Å². The summed E-state index contributed by atoms with van der Waals surface area (Å²) >= 11 is 0. The Balaban J connectivity index is 3.61. The van der Waals surface area contributed by atoms with Gasteiger partial charge in [-0.15, -0.1) is 0 Å². The Kier molecular flexibility index (Phi) is 5.70. The summed E-state index contributed by atoms with van der Waals surface area (Å²) in [6, 6.07) is 1.43. The van der Waals surface area contributed by atoms with Crippen molar-refractivity contribution in [2.45, 2.75) is 33.6 Å². The van der Waals surface area contributed by atoms with Crippen molar-refractivity contribution in [2.75, 3.05) is 18.4 Å². The maximum Gasteiger partial charge on any atom is 0.180 e. The second-order valence-electron chi connectivity index (χ2n) is 4.64. The third-order valence-corrected chi connectivity index (χ3v) is 3.12. The van der Waals surface area contributed by atoms with Crippen LogP contribution in [0.15, 0.2) is 6.07 Å². The SMILES string of the molecule is CCCc1c(O)c(C(=O)CN)cc(C(C)=O)c1NCC. The number of benzene rings is 1. The normalized spacial score (nSPS) is 10.4. The average Bonchev–Trinajstić information content (AvgIpc) is 2.42. The van der Waals surface area contributed by atoms with E-state index in [4.69, 9.17) is 5.73 Å². The van der Waals surface area contributed by atoms with Crippen LogP contribution in [0.5, 0.6) is 5.75 Å². The summed E-state index contributed by atoms with van der Waals surface area (Å²) in [5.41, 5.74) is 7.14. The van der Waals surface area contributed by atoms with Crippen molar-refractivity contribution in [3.05, 3.63) is 22.8 Å². The van der Waals surface area contributed by atoms with E-state index in [0.29, 0.717) is 29.8 Å². The summed E-state index contributed by atoms with van der Waals surface area (Å²) in [4.78, 5) is 23.6. The molecule has 1 rings (SSSR count). The van der Waals surface area contributed by atoms with Gasteiger partial charge in [-0.3, -0.25) is 9.59 Å². The lowest BCUT2D eigenvalue weighted by Crippen LogP contribution is -2.17. The largest absolute Gasteiger partial charge is 0.507 e. The van der Waals surface area contributed by atoms with E-state index in [-0.39, 0.29) is 29.4 Å². The smallest absolute Gasteiger partial charge is 0.180 e. The molecule has 1 aromatic rings. The van der Waals surface area contributed by atoms with Gasteiger partial charge in [0.1, 0.15) is 5.75 Å². The molecule has 1 aromatic carbocycles. The first-order chi connectivity index (χ1) is 9.47. The molecule has 0 unspecified atom stereocenters. The molecule has 0 amide bonds. The lowest BCUT2D eigenvalue weighted by Gasteiger charge is -2.18. The average molecular weight is 278 g/mol. The maximum atomic E-state index is 11.8. The molecule has 0 saturated carbocycles. The van der Waals surface area contributed by atoms with Crippen LogP contribution in [0.2, 0.25) is 0 Å². The molecular formula is C15H22N2O3. The van der Waals surface area contributed by atoms with Gasteiger partial charge in [0.25, 0.3) is 0 Å². The van der Waals surface area contributed by atoms with Crippen LogP contribution in [-0.4, -0.2) is 29.8 Å². The number of rotatable bonds is 7. The van der Waals surface area contributed by atoms with E-state index in [2.05, 4.69) is 5.32 Å². The molecule has 110 valence electrons. The molecule has 0 aliphatic carbocycles. The van der Waals surface area contributed by atoms with Crippen LogP contribution < -0.4 is 11.1 Å². The van der Waals surface area contributed by atoms with Gasteiger partial charge in [-0.2, -0.15) is 0 Å². The first-order valence-electron chi connectivity index (χ1n) is 6.84. The summed E-state index contributed by atoms with van der Waals surface area (Å²) in [6.45, 7) is 5.76. The minimum absolute atomic E-state index is 0.0664. The van der Waals surface area contributed by atoms with E-state index >= 15 is 0 Å². The molecule has 20 heavy (non-hydrogen) atoms. The zero-order chi connectivity index (χ0) is 15.3. The number of phenols is 1. The minimum atomic E-state index is -0.370. The zero-order valence-corrected chi connectivity index (χ0v) is 12.2. The van der Waals surface area contributed by atoms with Gasteiger partial charge in [0.2, 0.25) is 0 Å². The van der Waals surface area contributed by atoms with E-state index in [0.717, 1.165) is 6.42 Å². The Morgan fingerprint density at radius 2 is 1.95 bits per heavy atom. The van der Waals surface area contributed by atoms with E-state index < -0.39 is 0 Å². The van der Waals surface area contributed by atoms with E-state index in [1.807, 2.05) is 13.8 Å². The van der Waals surface area contributed by atoms with E-state index in [1.165, 1.54) is 13.0 Å². The highest BCUT2D eigenvalue weighted by molar-refractivity contribution is 6.07. The van der Waals surface area contributed by atoms with Crippen molar-refractivity contribution in [1.82, 2.24) is 0 Å². The molecule has 0 fully saturated rings. The van der Waals surface area contributed by atoms with Crippen molar-refractivity contribution in [3.8, 4) is 5.75 Å². The van der Waals surface area contributed by atoms with Crippen LogP contribution >= 0.6 is 0 Å². The highest BCUT2D eigenvalue weighted by Crippen LogP contribution is 2.35. The lowest BCUT2D eigenvalue weighted by molar-refractivity contribution is 0.0998. The lowest BCUT2D eigenvalue weighted by atomic mass is 9.94. The van der Waals surface area contributed by atoms with Crippen molar-refractivity contribution in [1.29, 1.82) is 0 Å². The van der Waals surface area contributed by atoms with E-state index in [1.54, 1.807) is 0 Å². The summed E-state index contributed by atoms with van der Waals surface area (Å²) in [6.07, 6.45) is 1.38. The molecule has 5 heteroatoms. The number of carbonyl (C=O) groups excluding carboxylic acids is 2. The van der Waals surface area contributed by atoms with Gasteiger partial charge in [0.15, 0.2) is 11.6 Å². The monoisotopic (exact) mass is 278 g/mol. The Bertz CT molecular complexity index is 524. The van der Waals surface area contributed by atoms with Gasteiger partial charge in [-0.25, -0.2) is 0 Å². The third kappa shape index (κ3) is 3.17. The molecular weight excluding hydrogens is 256 g/mol. The Labute approximate surface area is 119 Å². The predicted octanol–water partition coefficient (Wildman–Crippen LogP) is 2.12. The molecule has 0 aromatic heterocycles. The van der Waals surface area contributed by atoms with E-state index in [9.17, 15) is 14.7 Å². The van der Waals surface area contributed by atoms with Crippen molar-refractivity contribution < 1.29 is 14.7 Å². The van der Waals surface area contributed by atoms with Crippen LogP contribution in [0.4, 0.5) is 5.69 Å². The number of hydrogen-bond acceptors (Lipinski definition) is 5. The number of Topliss-reactive ketones (excluding diaryl/α,β-unsaturated/α-hetero) is 2. The number of phenolic OH excluding ortho intramolecular Hbond substituents is 1. The zero-order valence-electron chi connectivity index (χ0n) is 12.2. The molecule has 0 heterocycles. The quantitative estimate of drug-likeness (QED) is 0.664. The minimum Gasteiger partial charge on any atom is -0.507 e. The van der Waals surface area contributed by atoms with Crippen LogP contribution in [0.25, 0.3) is 0 Å². The highest BCUT2D eigenvalue weighted by atomic mass is 16.3. The number of carbonyl (C=O) groups is 2. The van der Waals surface area contributed by atoms with Crippen molar-refractivity contribution in [3.63, 3.8) is 0 Å². The summed E-state index contributed by atoms with van der Waals surface area (Å²) in [5, 5.41) is 13.4. The van der Waals surface area contributed by atoms with Crippen LogP contribution in [0.3, 0.4) is 0 Å². The molecule has 0 aliphatic heterocycles. The fraction of sp³-hybridized carbons (Fsp3) is 0.467. The molecule has 0 radical (unpaired) electrons. The number of aromatic hydroxyl groups is 1. The summed E-state index contributed by atoms with van der Waals surface area (Å²) < 4.78 is 0. The van der Waals surface area contributed by atoms with Crippen LogP contribution in [-0.2, 0) is 6.42 Å². The first-order valence-corrected chi connectivity index (χ1v) is 6.84. The number of ketones is 2. The molecule has 4 N–H and O–H groups in total. The molecule has 0 aliphatic rings. The standard InChI is InChI=1S/C15H22N2O3/c1-4-6-10-14(17-5-2)11(9(3)18)7-12(15(10)20)13(19)8-16/h7,17,20H,4-6,8,16H2,1-3H3. The second-order valence-corrected chi connectivity index (χ2v) is 4.64. The Morgan fingerprint density at radius 3 is 2.40 bits per heavy atom. The fourth-order valence-corrected chi connectivity index (χ4v) is 2.20. The number of nitrogens with one attached hydrogen (secondary N) is 1. The van der Waals surface area contributed by atoms with Gasteiger partial charge in [0.05, 0.1) is 17.8 Å². The summed E-state index contributed by atoms with van der Waals surface area (Å²) in [7, 11) is 0. The van der Waals surface area contributed by atoms with Gasteiger partial charge < -0.3 is 16.2 Å². The third-order valence-electron chi connectivity index (χ3n) is 3.12. The highest BCUT2D eigenvalue weighted by Gasteiger charge is 2.21. The molecule has 0 atom stereocenters. The predicted molar refractivity (Wildman–Crippen MR) is 79.7 cm³/mol. The second kappa shape index (κ2) is 7.05. The molecule has 0 spiro atoms. The maximum absolute atomic E-state index is 11.8. The number of hydrogen-bond donors (Lipinski definition) is 3. The first kappa shape index (κ1) is 16.2. The number of anilines is 1. The van der Waals surface area contributed by atoms with Crippen LogP contribution in [0, 0.1) is 0 Å².